The van der Waals surface area contributed by atoms with Crippen molar-refractivity contribution in [3.63, 3.8) is 0 Å². The van der Waals surface area contributed by atoms with Gasteiger partial charge in [-0.2, -0.15) is 0 Å². The molecule has 16 heavy (non-hydrogen) atoms. The van der Waals surface area contributed by atoms with Crippen LogP contribution in [0.15, 0.2) is 0 Å². The zero-order chi connectivity index (χ0) is 11.2. The van der Waals surface area contributed by atoms with Gasteiger partial charge in [-0.1, -0.05) is 0 Å². The summed E-state index contributed by atoms with van der Waals surface area (Å²) in [5, 5.41) is 13.0. The molecule has 0 aromatic rings. The molecule has 2 aliphatic carbocycles. The molecule has 0 unspecified atom stereocenters. The van der Waals surface area contributed by atoms with E-state index in [1.54, 1.807) is 0 Å². The largest absolute Gasteiger partial charge is 0.387 e. The van der Waals surface area contributed by atoms with Crippen molar-refractivity contribution in [3.05, 3.63) is 0 Å². The molecule has 1 heterocycles. The van der Waals surface area contributed by atoms with Gasteiger partial charge in [-0.05, 0) is 37.5 Å². The molecule has 3 rings (SSSR count). The van der Waals surface area contributed by atoms with Gasteiger partial charge in [-0.25, -0.2) is 0 Å². The molecular formula is C12H20N2O2. The van der Waals surface area contributed by atoms with E-state index in [-0.39, 0.29) is 5.91 Å². The van der Waals surface area contributed by atoms with Gasteiger partial charge in [-0.3, -0.25) is 9.69 Å². The predicted octanol–water partition coefficient (Wildman–Crippen LogP) is -0.0307. The highest BCUT2D eigenvalue weighted by Crippen LogP contribution is 2.44. The lowest BCUT2D eigenvalue weighted by atomic mass is 9.89. The summed E-state index contributed by atoms with van der Waals surface area (Å²) in [5.74, 6) is 1.37. The fourth-order valence-electron chi connectivity index (χ4n) is 2.56. The predicted molar refractivity (Wildman–Crippen MR) is 59.8 cm³/mol. The Morgan fingerprint density at radius 2 is 2.00 bits per heavy atom. The molecular weight excluding hydrogens is 204 g/mol. The number of β-amino-alcohol motifs (C(OH)–C–C–N with tert-alkyl or cyclic N) is 1. The first-order valence-electron chi connectivity index (χ1n) is 6.37. The Bertz CT molecular complexity index is 291. The molecule has 4 nitrogen and oxygen atoms in total. The van der Waals surface area contributed by atoms with Gasteiger partial charge in [0.2, 0.25) is 5.91 Å². The monoisotopic (exact) mass is 224 g/mol. The minimum Gasteiger partial charge on any atom is -0.387 e. The summed E-state index contributed by atoms with van der Waals surface area (Å²) in [6.07, 6.45) is 4.87. The summed E-state index contributed by atoms with van der Waals surface area (Å²) >= 11 is 0. The van der Waals surface area contributed by atoms with Crippen LogP contribution in [0.4, 0.5) is 0 Å². The van der Waals surface area contributed by atoms with Gasteiger partial charge in [0.05, 0.1) is 12.1 Å². The highest BCUT2D eigenvalue weighted by molar-refractivity contribution is 5.78. The SMILES string of the molecule is O=C(CN1CC(O)(C2CC2)C1)NCC1CC1. The summed E-state index contributed by atoms with van der Waals surface area (Å²) < 4.78 is 0. The van der Waals surface area contributed by atoms with Crippen LogP contribution in [0.5, 0.6) is 0 Å². The lowest BCUT2D eigenvalue weighted by Gasteiger charge is -2.46. The Labute approximate surface area is 96.0 Å². The van der Waals surface area contributed by atoms with Crippen LogP contribution in [0.25, 0.3) is 0 Å². The van der Waals surface area contributed by atoms with Crippen LogP contribution in [-0.4, -0.2) is 47.7 Å². The number of nitrogens with zero attached hydrogens (tertiary/aromatic N) is 1. The third-order valence-electron chi connectivity index (χ3n) is 3.98. The van der Waals surface area contributed by atoms with Crippen LogP contribution in [0, 0.1) is 11.8 Å². The maximum atomic E-state index is 11.5. The number of carbonyl (C=O) groups is 1. The number of hydrogen-bond acceptors (Lipinski definition) is 3. The first-order chi connectivity index (χ1) is 7.66. The highest BCUT2D eigenvalue weighted by Gasteiger charge is 2.51. The van der Waals surface area contributed by atoms with Crippen molar-refractivity contribution >= 4 is 5.91 Å². The molecule has 0 spiro atoms. The molecule has 0 radical (unpaired) electrons. The van der Waals surface area contributed by atoms with Gasteiger partial charge in [0.25, 0.3) is 0 Å². The fourth-order valence-corrected chi connectivity index (χ4v) is 2.56. The third-order valence-corrected chi connectivity index (χ3v) is 3.98. The first kappa shape index (κ1) is 10.5. The van der Waals surface area contributed by atoms with Gasteiger partial charge in [0.1, 0.15) is 0 Å². The number of hydrogen-bond donors (Lipinski definition) is 2. The Hall–Kier alpha value is -0.610. The molecule has 3 fully saturated rings. The van der Waals surface area contributed by atoms with Crippen LogP contribution in [0.3, 0.4) is 0 Å². The van der Waals surface area contributed by atoms with E-state index < -0.39 is 5.60 Å². The standard InChI is InChI=1S/C12H20N2O2/c15-11(13-5-9-1-2-9)6-14-7-12(16,8-14)10-3-4-10/h9-10,16H,1-8H2,(H,13,15). The van der Waals surface area contributed by atoms with E-state index in [1.807, 2.05) is 4.90 Å². The van der Waals surface area contributed by atoms with Crippen molar-refractivity contribution in [3.8, 4) is 0 Å². The maximum absolute atomic E-state index is 11.5. The summed E-state index contributed by atoms with van der Waals surface area (Å²) in [6.45, 7) is 2.68. The van der Waals surface area contributed by atoms with E-state index in [4.69, 9.17) is 0 Å². The number of likely N-dealkylation sites (tertiary alicyclic amines) is 1. The number of amides is 1. The Balaban J connectivity index is 1.35. The van der Waals surface area contributed by atoms with Gasteiger partial charge in [0, 0.05) is 19.6 Å². The third kappa shape index (κ3) is 2.23. The molecule has 1 aliphatic heterocycles. The van der Waals surface area contributed by atoms with Crippen LogP contribution < -0.4 is 5.32 Å². The van der Waals surface area contributed by atoms with E-state index in [0.29, 0.717) is 25.6 Å². The van der Waals surface area contributed by atoms with Crippen molar-refractivity contribution in [2.75, 3.05) is 26.2 Å². The van der Waals surface area contributed by atoms with E-state index >= 15 is 0 Å². The molecule has 0 atom stereocenters. The number of aliphatic hydroxyl groups is 1. The molecule has 2 saturated carbocycles. The van der Waals surface area contributed by atoms with E-state index in [1.165, 1.54) is 12.8 Å². The molecule has 0 aromatic carbocycles. The molecule has 0 aromatic heterocycles. The first-order valence-corrected chi connectivity index (χ1v) is 6.37. The number of carbonyl (C=O) groups excluding carboxylic acids is 1. The molecule has 4 heteroatoms. The van der Waals surface area contributed by atoms with E-state index in [2.05, 4.69) is 5.32 Å². The van der Waals surface area contributed by atoms with E-state index in [0.717, 1.165) is 25.3 Å². The Kier molecular flexibility index (Phi) is 2.44. The number of rotatable bonds is 5. The average Bonchev–Trinajstić information content (AvgIpc) is 3.02. The molecule has 3 aliphatic rings. The second kappa shape index (κ2) is 3.70. The zero-order valence-electron chi connectivity index (χ0n) is 9.61. The van der Waals surface area contributed by atoms with Gasteiger partial charge < -0.3 is 10.4 Å². The molecule has 1 saturated heterocycles. The summed E-state index contributed by atoms with van der Waals surface area (Å²) in [7, 11) is 0. The van der Waals surface area contributed by atoms with Crippen molar-refractivity contribution in [2.45, 2.75) is 31.3 Å². The minimum absolute atomic E-state index is 0.116. The smallest absolute Gasteiger partial charge is 0.234 e. The maximum Gasteiger partial charge on any atom is 0.234 e. The van der Waals surface area contributed by atoms with Crippen LogP contribution in [0.1, 0.15) is 25.7 Å². The zero-order valence-corrected chi connectivity index (χ0v) is 9.61. The van der Waals surface area contributed by atoms with Gasteiger partial charge >= 0.3 is 0 Å². The van der Waals surface area contributed by atoms with Gasteiger partial charge in [-0.15, -0.1) is 0 Å². The Morgan fingerprint density at radius 3 is 2.56 bits per heavy atom. The van der Waals surface area contributed by atoms with Crippen molar-refractivity contribution in [1.82, 2.24) is 10.2 Å². The molecule has 1 amide bonds. The van der Waals surface area contributed by atoms with Crippen LogP contribution in [-0.2, 0) is 4.79 Å². The Morgan fingerprint density at radius 1 is 1.31 bits per heavy atom. The highest BCUT2D eigenvalue weighted by atomic mass is 16.3. The topological polar surface area (TPSA) is 52.6 Å². The van der Waals surface area contributed by atoms with Crippen molar-refractivity contribution < 1.29 is 9.90 Å². The van der Waals surface area contributed by atoms with Crippen molar-refractivity contribution in [2.24, 2.45) is 11.8 Å². The minimum atomic E-state index is -0.462. The lowest BCUT2D eigenvalue weighted by Crippen LogP contribution is -2.64. The second-order valence-corrected chi connectivity index (χ2v) is 5.77. The lowest BCUT2D eigenvalue weighted by molar-refractivity contribution is -0.136. The van der Waals surface area contributed by atoms with Gasteiger partial charge in [0.15, 0.2) is 0 Å². The normalized spacial score (nSPS) is 28.6. The molecule has 90 valence electrons. The molecule has 0 bridgehead atoms. The average molecular weight is 224 g/mol. The van der Waals surface area contributed by atoms with E-state index in [9.17, 15) is 9.90 Å². The fraction of sp³-hybridized carbons (Fsp3) is 0.917. The number of nitrogens with one attached hydrogen (secondary N) is 1. The molecule has 2 N–H and O–H groups in total. The summed E-state index contributed by atoms with van der Waals surface area (Å²) in [4.78, 5) is 13.6. The van der Waals surface area contributed by atoms with Crippen LogP contribution >= 0.6 is 0 Å². The quantitative estimate of drug-likeness (QED) is 0.689. The second-order valence-electron chi connectivity index (χ2n) is 5.77. The summed E-state index contributed by atoms with van der Waals surface area (Å²) in [5.41, 5.74) is -0.462. The van der Waals surface area contributed by atoms with Crippen LogP contribution in [0.2, 0.25) is 0 Å². The summed E-state index contributed by atoms with van der Waals surface area (Å²) in [6, 6.07) is 0. The van der Waals surface area contributed by atoms with Crippen molar-refractivity contribution in [1.29, 1.82) is 0 Å².